The van der Waals surface area contributed by atoms with E-state index < -0.39 is 0 Å². The first-order chi connectivity index (χ1) is 6.15. The fourth-order valence-corrected chi connectivity index (χ4v) is 2.13. The van der Waals surface area contributed by atoms with Crippen LogP contribution in [0.15, 0.2) is 6.20 Å². The minimum atomic E-state index is 0.141. The second-order valence-electron chi connectivity index (χ2n) is 3.65. The van der Waals surface area contributed by atoms with Crippen molar-refractivity contribution in [2.24, 2.45) is 5.73 Å². The largest absolute Gasteiger partial charge is 0.322 e. The predicted molar refractivity (Wildman–Crippen MR) is 58.0 cm³/mol. The van der Waals surface area contributed by atoms with Gasteiger partial charge in [0.05, 0.1) is 6.04 Å². The van der Waals surface area contributed by atoms with E-state index in [0.29, 0.717) is 5.92 Å². The predicted octanol–water partition coefficient (Wildman–Crippen LogP) is 3.07. The average Bonchev–Trinajstić information content (AvgIpc) is 2.52. The van der Waals surface area contributed by atoms with Crippen molar-refractivity contribution in [3.63, 3.8) is 0 Å². The molecule has 3 heteroatoms. The van der Waals surface area contributed by atoms with Gasteiger partial charge in [-0.1, -0.05) is 27.2 Å². The van der Waals surface area contributed by atoms with Gasteiger partial charge in [0.15, 0.2) is 0 Å². The van der Waals surface area contributed by atoms with Crippen molar-refractivity contribution in [3.05, 3.63) is 16.1 Å². The molecule has 0 amide bonds. The Morgan fingerprint density at radius 1 is 1.54 bits per heavy atom. The van der Waals surface area contributed by atoms with Crippen LogP contribution in [0.3, 0.4) is 0 Å². The molecule has 0 aliphatic carbocycles. The first-order valence-electron chi connectivity index (χ1n) is 4.86. The lowest BCUT2D eigenvalue weighted by atomic mass is 10.2. The smallest absolute Gasteiger partial charge is 0.110 e. The molecule has 1 atom stereocenters. The van der Waals surface area contributed by atoms with Crippen molar-refractivity contribution < 1.29 is 0 Å². The van der Waals surface area contributed by atoms with E-state index in [9.17, 15) is 0 Å². The van der Waals surface area contributed by atoms with E-state index in [4.69, 9.17) is 5.73 Å². The third kappa shape index (κ3) is 2.78. The maximum absolute atomic E-state index is 5.97. The number of nitrogens with two attached hydrogens (primary N) is 1. The minimum Gasteiger partial charge on any atom is -0.322 e. The van der Waals surface area contributed by atoms with E-state index in [1.807, 2.05) is 6.20 Å². The Morgan fingerprint density at radius 3 is 2.69 bits per heavy atom. The van der Waals surface area contributed by atoms with Gasteiger partial charge >= 0.3 is 0 Å². The molecular formula is C10H18N2S. The van der Waals surface area contributed by atoms with E-state index in [0.717, 1.165) is 17.8 Å². The van der Waals surface area contributed by atoms with Gasteiger partial charge in [0.2, 0.25) is 0 Å². The van der Waals surface area contributed by atoms with Crippen molar-refractivity contribution in [2.75, 3.05) is 0 Å². The molecule has 0 aromatic carbocycles. The highest BCUT2D eigenvalue weighted by atomic mass is 32.1. The van der Waals surface area contributed by atoms with E-state index in [1.54, 1.807) is 11.3 Å². The molecule has 0 saturated heterocycles. The SMILES string of the molecule is CCCC(N)c1ncc(C(C)C)s1. The van der Waals surface area contributed by atoms with Gasteiger partial charge in [0.25, 0.3) is 0 Å². The molecule has 1 heterocycles. The normalized spacial score (nSPS) is 13.6. The average molecular weight is 198 g/mol. The van der Waals surface area contributed by atoms with Crippen LogP contribution in [0, 0.1) is 0 Å². The molecule has 13 heavy (non-hydrogen) atoms. The van der Waals surface area contributed by atoms with Crippen molar-refractivity contribution in [1.29, 1.82) is 0 Å². The number of aromatic nitrogens is 1. The monoisotopic (exact) mass is 198 g/mol. The highest BCUT2D eigenvalue weighted by Gasteiger charge is 2.11. The third-order valence-corrected chi connectivity index (χ3v) is 3.46. The Hall–Kier alpha value is -0.410. The van der Waals surface area contributed by atoms with Gasteiger partial charge in [-0.3, -0.25) is 0 Å². The van der Waals surface area contributed by atoms with Crippen LogP contribution in [0.1, 0.15) is 55.5 Å². The highest BCUT2D eigenvalue weighted by Crippen LogP contribution is 2.26. The summed E-state index contributed by atoms with van der Waals surface area (Å²) in [4.78, 5) is 5.68. The van der Waals surface area contributed by atoms with Crippen LogP contribution in [0.2, 0.25) is 0 Å². The lowest BCUT2D eigenvalue weighted by Gasteiger charge is -2.05. The van der Waals surface area contributed by atoms with Crippen LogP contribution in [-0.4, -0.2) is 4.98 Å². The molecule has 0 spiro atoms. The Morgan fingerprint density at radius 2 is 2.23 bits per heavy atom. The standard InChI is InChI=1S/C10H18N2S/c1-4-5-8(11)10-12-6-9(13-10)7(2)3/h6-8H,4-5,11H2,1-3H3. The molecule has 0 bridgehead atoms. The quantitative estimate of drug-likeness (QED) is 0.807. The topological polar surface area (TPSA) is 38.9 Å². The Balaban J connectivity index is 2.67. The molecule has 1 rings (SSSR count). The van der Waals surface area contributed by atoms with Gasteiger partial charge in [-0.2, -0.15) is 0 Å². The molecule has 1 aromatic heterocycles. The summed E-state index contributed by atoms with van der Waals surface area (Å²) in [5.41, 5.74) is 5.97. The zero-order valence-corrected chi connectivity index (χ0v) is 9.40. The molecular weight excluding hydrogens is 180 g/mol. The maximum Gasteiger partial charge on any atom is 0.110 e. The van der Waals surface area contributed by atoms with Crippen LogP contribution < -0.4 is 5.73 Å². The van der Waals surface area contributed by atoms with Crippen LogP contribution in [-0.2, 0) is 0 Å². The Kier molecular flexibility index (Phi) is 3.88. The summed E-state index contributed by atoms with van der Waals surface area (Å²) in [6.45, 7) is 6.52. The van der Waals surface area contributed by atoms with E-state index in [2.05, 4.69) is 25.8 Å². The first kappa shape index (κ1) is 10.7. The Labute approximate surface area is 84.2 Å². The summed E-state index contributed by atoms with van der Waals surface area (Å²) >= 11 is 1.75. The molecule has 0 aliphatic heterocycles. The number of nitrogens with zero attached hydrogens (tertiary/aromatic N) is 1. The van der Waals surface area contributed by atoms with Crippen molar-refractivity contribution in [1.82, 2.24) is 4.98 Å². The zero-order chi connectivity index (χ0) is 9.84. The molecule has 1 aromatic rings. The summed E-state index contributed by atoms with van der Waals surface area (Å²) in [5.74, 6) is 0.570. The Bertz CT molecular complexity index is 255. The van der Waals surface area contributed by atoms with Crippen molar-refractivity contribution in [3.8, 4) is 0 Å². The minimum absolute atomic E-state index is 0.141. The fraction of sp³-hybridized carbons (Fsp3) is 0.700. The number of hydrogen-bond acceptors (Lipinski definition) is 3. The van der Waals surface area contributed by atoms with Gasteiger partial charge in [0, 0.05) is 11.1 Å². The van der Waals surface area contributed by atoms with Crippen LogP contribution in [0.4, 0.5) is 0 Å². The summed E-state index contributed by atoms with van der Waals surface area (Å²) < 4.78 is 0. The van der Waals surface area contributed by atoms with Gasteiger partial charge in [-0.05, 0) is 12.3 Å². The second-order valence-corrected chi connectivity index (χ2v) is 4.74. The van der Waals surface area contributed by atoms with Crippen LogP contribution in [0.25, 0.3) is 0 Å². The molecule has 0 radical (unpaired) electrons. The summed E-state index contributed by atoms with van der Waals surface area (Å²) in [5, 5.41) is 1.09. The molecule has 0 saturated carbocycles. The van der Waals surface area contributed by atoms with Crippen LogP contribution >= 0.6 is 11.3 Å². The van der Waals surface area contributed by atoms with Gasteiger partial charge < -0.3 is 5.73 Å². The zero-order valence-electron chi connectivity index (χ0n) is 8.58. The third-order valence-electron chi connectivity index (χ3n) is 2.03. The molecule has 2 N–H and O–H groups in total. The van der Waals surface area contributed by atoms with E-state index in [-0.39, 0.29) is 6.04 Å². The van der Waals surface area contributed by atoms with Gasteiger partial charge in [0.1, 0.15) is 5.01 Å². The summed E-state index contributed by atoms with van der Waals surface area (Å²) in [6, 6.07) is 0.141. The first-order valence-corrected chi connectivity index (χ1v) is 5.68. The lowest BCUT2D eigenvalue weighted by Crippen LogP contribution is -2.08. The molecule has 0 aliphatic rings. The van der Waals surface area contributed by atoms with E-state index >= 15 is 0 Å². The molecule has 74 valence electrons. The van der Waals surface area contributed by atoms with Gasteiger partial charge in [-0.25, -0.2) is 4.98 Å². The molecule has 1 unspecified atom stereocenters. The number of hydrogen-bond donors (Lipinski definition) is 1. The molecule has 0 fully saturated rings. The van der Waals surface area contributed by atoms with Crippen molar-refractivity contribution >= 4 is 11.3 Å². The molecule has 2 nitrogen and oxygen atoms in total. The number of thiazole rings is 1. The van der Waals surface area contributed by atoms with E-state index in [1.165, 1.54) is 4.88 Å². The van der Waals surface area contributed by atoms with Crippen molar-refractivity contribution in [2.45, 2.75) is 45.6 Å². The highest BCUT2D eigenvalue weighted by molar-refractivity contribution is 7.11. The second kappa shape index (κ2) is 4.72. The number of rotatable bonds is 4. The maximum atomic E-state index is 5.97. The summed E-state index contributed by atoms with van der Waals surface area (Å²) in [7, 11) is 0. The summed E-state index contributed by atoms with van der Waals surface area (Å²) in [6.07, 6.45) is 4.11. The van der Waals surface area contributed by atoms with Gasteiger partial charge in [-0.15, -0.1) is 11.3 Å². The fourth-order valence-electron chi connectivity index (χ4n) is 1.17. The lowest BCUT2D eigenvalue weighted by molar-refractivity contribution is 0.634. The van der Waals surface area contributed by atoms with Crippen LogP contribution in [0.5, 0.6) is 0 Å².